The molecule has 0 spiro atoms. The van der Waals surface area contributed by atoms with Crippen molar-refractivity contribution >= 4 is 32.9 Å². The molecule has 2 rings (SSSR count). The highest BCUT2D eigenvalue weighted by atomic mass is 79.9. The highest BCUT2D eigenvalue weighted by Crippen LogP contribution is 2.12. The van der Waals surface area contributed by atoms with Gasteiger partial charge in [0.15, 0.2) is 0 Å². The molecule has 0 radical (unpaired) electrons. The quantitative estimate of drug-likeness (QED) is 0.819. The molecule has 0 aliphatic carbocycles. The van der Waals surface area contributed by atoms with Crippen molar-refractivity contribution in [1.82, 2.24) is 9.97 Å². The monoisotopic (exact) mass is 268 g/mol. The molecule has 0 unspecified atom stereocenters. The molecule has 0 aliphatic heterocycles. The van der Waals surface area contributed by atoms with Gasteiger partial charge in [-0.05, 0) is 22.0 Å². The SMILES string of the molecule is O=C(O)c1c[nH]c2ncc(Br)cc2c1=O. The molecular weight excluding hydrogens is 264 g/mol. The number of carbonyl (C=O) groups is 1. The van der Waals surface area contributed by atoms with Gasteiger partial charge in [-0.1, -0.05) is 0 Å². The largest absolute Gasteiger partial charge is 0.477 e. The van der Waals surface area contributed by atoms with Gasteiger partial charge in [-0.3, -0.25) is 4.79 Å². The molecule has 15 heavy (non-hydrogen) atoms. The number of hydrogen-bond donors (Lipinski definition) is 2. The normalized spacial score (nSPS) is 10.5. The van der Waals surface area contributed by atoms with Gasteiger partial charge in [-0.25, -0.2) is 9.78 Å². The van der Waals surface area contributed by atoms with Gasteiger partial charge in [0, 0.05) is 16.9 Å². The number of H-pyrrole nitrogens is 1. The van der Waals surface area contributed by atoms with Gasteiger partial charge in [0.1, 0.15) is 11.2 Å². The number of fused-ring (bicyclic) bond motifs is 1. The fraction of sp³-hybridized carbons (Fsp3) is 0. The molecule has 5 nitrogen and oxygen atoms in total. The molecule has 0 bridgehead atoms. The lowest BCUT2D eigenvalue weighted by atomic mass is 10.2. The number of carboxylic acids is 1. The first-order valence-corrected chi connectivity index (χ1v) is 4.79. The molecule has 76 valence electrons. The van der Waals surface area contributed by atoms with E-state index in [1.54, 1.807) is 0 Å². The summed E-state index contributed by atoms with van der Waals surface area (Å²) in [7, 11) is 0. The number of aromatic amines is 1. The fourth-order valence-electron chi connectivity index (χ4n) is 1.24. The third-order valence-electron chi connectivity index (χ3n) is 1.93. The summed E-state index contributed by atoms with van der Waals surface area (Å²) < 4.78 is 0.628. The summed E-state index contributed by atoms with van der Waals surface area (Å²) in [5.41, 5.74) is -0.458. The average molecular weight is 269 g/mol. The van der Waals surface area contributed by atoms with E-state index in [2.05, 4.69) is 25.9 Å². The van der Waals surface area contributed by atoms with Gasteiger partial charge in [-0.15, -0.1) is 0 Å². The summed E-state index contributed by atoms with van der Waals surface area (Å²) >= 11 is 3.17. The van der Waals surface area contributed by atoms with E-state index in [1.165, 1.54) is 12.3 Å². The van der Waals surface area contributed by atoms with Crippen molar-refractivity contribution in [1.29, 1.82) is 0 Å². The van der Waals surface area contributed by atoms with E-state index >= 15 is 0 Å². The Balaban J connectivity index is 2.89. The number of rotatable bonds is 1. The molecule has 2 aromatic heterocycles. The van der Waals surface area contributed by atoms with Crippen LogP contribution in [0.5, 0.6) is 0 Å². The van der Waals surface area contributed by atoms with E-state index in [4.69, 9.17) is 5.11 Å². The molecular formula is C9H5BrN2O3. The van der Waals surface area contributed by atoms with Crippen LogP contribution in [0.25, 0.3) is 11.0 Å². The van der Waals surface area contributed by atoms with Crippen LogP contribution >= 0.6 is 15.9 Å². The number of aromatic carboxylic acids is 1. The van der Waals surface area contributed by atoms with E-state index in [0.717, 1.165) is 6.20 Å². The molecule has 0 aromatic carbocycles. The van der Waals surface area contributed by atoms with E-state index in [-0.39, 0.29) is 10.9 Å². The van der Waals surface area contributed by atoms with Gasteiger partial charge in [0.25, 0.3) is 0 Å². The minimum Gasteiger partial charge on any atom is -0.477 e. The smallest absolute Gasteiger partial charge is 0.341 e. The van der Waals surface area contributed by atoms with Crippen LogP contribution in [0.15, 0.2) is 27.7 Å². The number of carboxylic acid groups (broad SMARTS) is 1. The van der Waals surface area contributed by atoms with E-state index in [0.29, 0.717) is 10.1 Å². The van der Waals surface area contributed by atoms with Crippen molar-refractivity contribution in [2.24, 2.45) is 0 Å². The Labute approximate surface area is 91.9 Å². The van der Waals surface area contributed by atoms with E-state index in [9.17, 15) is 9.59 Å². The lowest BCUT2D eigenvalue weighted by Crippen LogP contribution is -2.15. The maximum Gasteiger partial charge on any atom is 0.341 e. The Hall–Kier alpha value is -1.69. The minimum absolute atomic E-state index is 0.254. The molecule has 2 N–H and O–H groups in total. The van der Waals surface area contributed by atoms with Crippen molar-refractivity contribution in [2.45, 2.75) is 0 Å². The lowest BCUT2D eigenvalue weighted by molar-refractivity contribution is 0.0695. The Morgan fingerprint density at radius 3 is 2.93 bits per heavy atom. The minimum atomic E-state index is -1.25. The first-order chi connectivity index (χ1) is 7.09. The molecule has 0 saturated heterocycles. The summed E-state index contributed by atoms with van der Waals surface area (Å²) in [6.07, 6.45) is 2.67. The third-order valence-corrected chi connectivity index (χ3v) is 2.36. The lowest BCUT2D eigenvalue weighted by Gasteiger charge is -1.98. The fourth-order valence-corrected chi connectivity index (χ4v) is 1.57. The Bertz CT molecular complexity index is 606. The predicted octanol–water partition coefficient (Wildman–Crippen LogP) is 1.38. The van der Waals surface area contributed by atoms with Gasteiger partial charge >= 0.3 is 5.97 Å². The Kier molecular flexibility index (Phi) is 2.28. The second kappa shape index (κ2) is 3.47. The number of hydrogen-bond acceptors (Lipinski definition) is 3. The van der Waals surface area contributed by atoms with Crippen LogP contribution in [0.3, 0.4) is 0 Å². The standard InChI is InChI=1S/C9H5BrN2O3/c10-4-1-5-7(13)6(9(14)15)3-12-8(5)11-2-4/h1-3H,(H,14,15)(H,11,12,13). The number of aromatic nitrogens is 2. The van der Waals surface area contributed by atoms with Crippen molar-refractivity contribution in [2.75, 3.05) is 0 Å². The van der Waals surface area contributed by atoms with E-state index in [1.807, 2.05) is 0 Å². The molecule has 0 aliphatic rings. The summed E-state index contributed by atoms with van der Waals surface area (Å²) in [6.45, 7) is 0. The van der Waals surface area contributed by atoms with Gasteiger partial charge in [0.05, 0.1) is 5.39 Å². The van der Waals surface area contributed by atoms with Crippen LogP contribution < -0.4 is 5.43 Å². The van der Waals surface area contributed by atoms with Crippen LogP contribution in [0.2, 0.25) is 0 Å². The second-order valence-electron chi connectivity index (χ2n) is 2.89. The zero-order valence-electron chi connectivity index (χ0n) is 7.32. The number of nitrogens with one attached hydrogen (secondary N) is 1. The van der Waals surface area contributed by atoms with E-state index < -0.39 is 11.4 Å². The van der Waals surface area contributed by atoms with Gasteiger partial charge in [-0.2, -0.15) is 0 Å². The van der Waals surface area contributed by atoms with Gasteiger partial charge < -0.3 is 10.1 Å². The molecule has 0 amide bonds. The predicted molar refractivity (Wildman–Crippen MR) is 57.0 cm³/mol. The molecule has 6 heteroatoms. The zero-order valence-corrected chi connectivity index (χ0v) is 8.91. The molecule has 0 fully saturated rings. The van der Waals surface area contributed by atoms with Gasteiger partial charge in [0.2, 0.25) is 5.43 Å². The Morgan fingerprint density at radius 1 is 1.53 bits per heavy atom. The first-order valence-electron chi connectivity index (χ1n) is 4.00. The summed E-state index contributed by atoms with van der Waals surface area (Å²) in [4.78, 5) is 29.0. The zero-order chi connectivity index (χ0) is 11.0. The van der Waals surface area contributed by atoms with Crippen LogP contribution in [0, 0.1) is 0 Å². The molecule has 2 heterocycles. The summed E-state index contributed by atoms with van der Waals surface area (Å²) in [5.74, 6) is -1.25. The summed E-state index contributed by atoms with van der Waals surface area (Å²) in [5, 5.41) is 9.00. The third kappa shape index (κ3) is 1.63. The van der Waals surface area contributed by atoms with Crippen LogP contribution in [0.1, 0.15) is 10.4 Å². The number of nitrogens with zero attached hydrogens (tertiary/aromatic N) is 1. The molecule has 2 aromatic rings. The summed E-state index contributed by atoms with van der Waals surface area (Å²) in [6, 6.07) is 1.54. The maximum absolute atomic E-state index is 11.7. The van der Waals surface area contributed by atoms with Crippen LogP contribution in [-0.2, 0) is 0 Å². The number of pyridine rings is 2. The Morgan fingerprint density at radius 2 is 2.27 bits per heavy atom. The van der Waals surface area contributed by atoms with Crippen molar-refractivity contribution in [3.05, 3.63) is 38.7 Å². The van der Waals surface area contributed by atoms with Crippen LogP contribution in [0.4, 0.5) is 0 Å². The molecule has 0 saturated carbocycles. The van der Waals surface area contributed by atoms with Crippen molar-refractivity contribution in [3.63, 3.8) is 0 Å². The van der Waals surface area contributed by atoms with Crippen LogP contribution in [-0.4, -0.2) is 21.0 Å². The maximum atomic E-state index is 11.7. The first kappa shape index (κ1) is 9.85. The highest BCUT2D eigenvalue weighted by molar-refractivity contribution is 9.10. The second-order valence-corrected chi connectivity index (χ2v) is 3.80. The van der Waals surface area contributed by atoms with Crippen molar-refractivity contribution < 1.29 is 9.90 Å². The highest BCUT2D eigenvalue weighted by Gasteiger charge is 2.11. The molecule has 0 atom stereocenters. The average Bonchev–Trinajstić information content (AvgIpc) is 2.19. The number of halogens is 1. The van der Waals surface area contributed by atoms with Crippen molar-refractivity contribution in [3.8, 4) is 0 Å². The topological polar surface area (TPSA) is 83.0 Å².